The Hall–Kier alpha value is -1.62. The monoisotopic (exact) mass is 326 g/mol. The Balaban J connectivity index is 2.15. The summed E-state index contributed by atoms with van der Waals surface area (Å²) < 4.78 is 62.5. The average molecular weight is 326 g/mol. The molecule has 1 aliphatic heterocycles. The molecule has 7 nitrogen and oxygen atoms in total. The molecule has 1 fully saturated rings. The molecule has 21 heavy (non-hydrogen) atoms. The highest BCUT2D eigenvalue weighted by atomic mass is 32.2. The second kappa shape index (κ2) is 5.64. The second-order valence-electron chi connectivity index (χ2n) is 4.50. The van der Waals surface area contributed by atoms with Crippen molar-refractivity contribution >= 4 is 16.1 Å². The highest BCUT2D eigenvalue weighted by Crippen LogP contribution is 2.26. The van der Waals surface area contributed by atoms with Gasteiger partial charge in [-0.05, 0) is 12.8 Å². The fourth-order valence-electron chi connectivity index (χ4n) is 1.79. The molecule has 0 unspecified atom stereocenters. The normalized spacial score (nSPS) is 17.8. The lowest BCUT2D eigenvalue weighted by molar-refractivity contribution is -0.0501. The van der Waals surface area contributed by atoms with Gasteiger partial charge in [-0.25, -0.2) is 4.98 Å². The maximum absolute atomic E-state index is 12.2. The molecule has 0 bridgehead atoms. The molecular formula is C10H13F3N4O3S. The molecule has 0 saturated carbocycles. The van der Waals surface area contributed by atoms with Crippen LogP contribution in [0, 0.1) is 0 Å². The number of rotatable bonds is 3. The quantitative estimate of drug-likeness (QED) is 0.642. The molecule has 1 aromatic rings. The lowest BCUT2D eigenvalue weighted by Gasteiger charge is -2.30. The van der Waals surface area contributed by atoms with Crippen LogP contribution in [0.15, 0.2) is 12.3 Å². The Morgan fingerprint density at radius 3 is 2.52 bits per heavy atom. The van der Waals surface area contributed by atoms with E-state index in [1.807, 2.05) is 0 Å². The summed E-state index contributed by atoms with van der Waals surface area (Å²) in [6.07, 6.45) is 2.52. The van der Waals surface area contributed by atoms with Gasteiger partial charge in [0, 0.05) is 31.4 Å². The minimum absolute atomic E-state index is 0.0614. The van der Waals surface area contributed by atoms with Crippen LogP contribution in [0.25, 0.3) is 0 Å². The largest absolute Gasteiger partial charge is 0.534 e. The van der Waals surface area contributed by atoms with Gasteiger partial charge in [-0.2, -0.15) is 26.6 Å². The molecule has 1 aromatic heterocycles. The maximum atomic E-state index is 12.2. The third-order valence-electron chi connectivity index (χ3n) is 2.92. The fourth-order valence-corrected chi connectivity index (χ4v) is 2.20. The summed E-state index contributed by atoms with van der Waals surface area (Å²) in [5, 5.41) is 0. The molecule has 1 aliphatic rings. The summed E-state index contributed by atoms with van der Waals surface area (Å²) in [6, 6.07) is 1.01. The van der Waals surface area contributed by atoms with E-state index in [1.165, 1.54) is 0 Å². The van der Waals surface area contributed by atoms with Crippen LogP contribution >= 0.6 is 0 Å². The maximum Gasteiger partial charge on any atom is 0.534 e. The lowest BCUT2D eigenvalue weighted by atomic mass is 10.1. The summed E-state index contributed by atoms with van der Waals surface area (Å²) >= 11 is 0. The van der Waals surface area contributed by atoms with Gasteiger partial charge in [-0.15, -0.1) is 0 Å². The van der Waals surface area contributed by atoms with E-state index in [1.54, 1.807) is 4.90 Å². The van der Waals surface area contributed by atoms with Crippen molar-refractivity contribution in [2.45, 2.75) is 24.4 Å². The first-order chi connectivity index (χ1) is 9.69. The molecule has 118 valence electrons. The van der Waals surface area contributed by atoms with Crippen molar-refractivity contribution in [2.24, 2.45) is 5.73 Å². The van der Waals surface area contributed by atoms with Crippen LogP contribution in [0.3, 0.4) is 0 Å². The first-order valence-corrected chi connectivity index (χ1v) is 7.44. The van der Waals surface area contributed by atoms with Crippen molar-refractivity contribution in [3.8, 4) is 5.88 Å². The van der Waals surface area contributed by atoms with E-state index in [0.29, 0.717) is 25.9 Å². The minimum Gasteiger partial charge on any atom is -0.355 e. The lowest BCUT2D eigenvalue weighted by Crippen LogP contribution is -2.40. The number of nitrogens with two attached hydrogens (primary N) is 1. The van der Waals surface area contributed by atoms with E-state index in [2.05, 4.69) is 14.2 Å². The Labute approximate surface area is 119 Å². The van der Waals surface area contributed by atoms with Gasteiger partial charge in [0.25, 0.3) is 0 Å². The molecule has 0 atom stereocenters. The molecular weight excluding hydrogens is 313 g/mol. The summed E-state index contributed by atoms with van der Waals surface area (Å²) in [7, 11) is -5.74. The van der Waals surface area contributed by atoms with Gasteiger partial charge in [0.2, 0.25) is 11.8 Å². The highest BCUT2D eigenvalue weighted by Gasteiger charge is 2.48. The predicted molar refractivity (Wildman–Crippen MR) is 67.1 cm³/mol. The molecule has 0 radical (unpaired) electrons. The Morgan fingerprint density at radius 2 is 1.95 bits per heavy atom. The van der Waals surface area contributed by atoms with Gasteiger partial charge in [0.1, 0.15) is 0 Å². The molecule has 1 saturated heterocycles. The Bertz CT molecular complexity index is 600. The zero-order valence-corrected chi connectivity index (χ0v) is 11.6. The van der Waals surface area contributed by atoms with Crippen LogP contribution < -0.4 is 14.8 Å². The van der Waals surface area contributed by atoms with Crippen LogP contribution in [0.1, 0.15) is 12.8 Å². The number of hydrogen-bond donors (Lipinski definition) is 1. The molecule has 0 spiro atoms. The molecule has 0 aromatic carbocycles. The highest BCUT2D eigenvalue weighted by molar-refractivity contribution is 7.87. The van der Waals surface area contributed by atoms with Crippen LogP contribution in [0.4, 0.5) is 19.1 Å². The van der Waals surface area contributed by atoms with E-state index in [4.69, 9.17) is 5.73 Å². The summed E-state index contributed by atoms with van der Waals surface area (Å²) in [5.74, 6) is -0.566. The van der Waals surface area contributed by atoms with Crippen LogP contribution in [-0.2, 0) is 10.1 Å². The smallest absolute Gasteiger partial charge is 0.355 e. The number of aromatic nitrogens is 2. The number of piperidine rings is 1. The van der Waals surface area contributed by atoms with Crippen LogP contribution in [0.5, 0.6) is 5.88 Å². The number of anilines is 1. The Kier molecular flexibility index (Phi) is 4.23. The van der Waals surface area contributed by atoms with Gasteiger partial charge < -0.3 is 14.8 Å². The van der Waals surface area contributed by atoms with Crippen molar-refractivity contribution in [3.63, 3.8) is 0 Å². The first-order valence-electron chi connectivity index (χ1n) is 6.03. The zero-order chi connectivity index (χ0) is 15.7. The first kappa shape index (κ1) is 15.8. The van der Waals surface area contributed by atoms with Crippen LogP contribution in [-0.4, -0.2) is 43.0 Å². The number of alkyl halides is 3. The zero-order valence-electron chi connectivity index (χ0n) is 10.7. The fraction of sp³-hybridized carbons (Fsp3) is 0.600. The molecule has 0 amide bonds. The molecule has 11 heteroatoms. The predicted octanol–water partition coefficient (Wildman–Crippen LogP) is 0.632. The minimum atomic E-state index is -5.74. The topological polar surface area (TPSA) is 98.4 Å². The van der Waals surface area contributed by atoms with E-state index in [0.717, 1.165) is 12.3 Å². The van der Waals surface area contributed by atoms with Crippen molar-refractivity contribution in [1.82, 2.24) is 9.97 Å². The standard InChI is InChI=1S/C10H13F3N4O3S/c11-10(12,13)21(18,19)20-8-1-4-15-9(16-8)17-5-2-7(14)3-6-17/h1,4,7H,2-3,5-6,14H2. The number of hydrogen-bond acceptors (Lipinski definition) is 7. The third-order valence-corrected chi connectivity index (χ3v) is 3.88. The average Bonchev–Trinajstić information content (AvgIpc) is 2.38. The van der Waals surface area contributed by atoms with E-state index in [-0.39, 0.29) is 12.0 Å². The summed E-state index contributed by atoms with van der Waals surface area (Å²) in [4.78, 5) is 9.30. The van der Waals surface area contributed by atoms with Crippen molar-refractivity contribution in [3.05, 3.63) is 12.3 Å². The van der Waals surface area contributed by atoms with Gasteiger partial charge >= 0.3 is 15.6 Å². The van der Waals surface area contributed by atoms with Crippen molar-refractivity contribution in [1.29, 1.82) is 0 Å². The second-order valence-corrected chi connectivity index (χ2v) is 6.04. The summed E-state index contributed by atoms with van der Waals surface area (Å²) in [6.45, 7) is 1.08. The van der Waals surface area contributed by atoms with E-state index < -0.39 is 21.5 Å². The molecule has 2 rings (SSSR count). The molecule has 2 N–H and O–H groups in total. The summed E-state index contributed by atoms with van der Waals surface area (Å²) in [5.41, 5.74) is 0.236. The number of nitrogens with zero attached hydrogens (tertiary/aromatic N) is 3. The SMILES string of the molecule is NC1CCN(c2nccc(OS(=O)(=O)C(F)(F)F)n2)CC1. The number of halogens is 3. The molecule has 0 aliphatic carbocycles. The van der Waals surface area contributed by atoms with Gasteiger partial charge in [-0.3, -0.25) is 0 Å². The van der Waals surface area contributed by atoms with Crippen LogP contribution in [0.2, 0.25) is 0 Å². The van der Waals surface area contributed by atoms with Gasteiger partial charge in [-0.1, -0.05) is 0 Å². The van der Waals surface area contributed by atoms with E-state index >= 15 is 0 Å². The van der Waals surface area contributed by atoms with Crippen molar-refractivity contribution in [2.75, 3.05) is 18.0 Å². The van der Waals surface area contributed by atoms with Gasteiger partial charge in [0.05, 0.1) is 0 Å². The third kappa shape index (κ3) is 3.73. The Morgan fingerprint density at radius 1 is 1.33 bits per heavy atom. The van der Waals surface area contributed by atoms with Gasteiger partial charge in [0.15, 0.2) is 0 Å². The molecule has 2 heterocycles. The van der Waals surface area contributed by atoms with E-state index in [9.17, 15) is 21.6 Å². The van der Waals surface area contributed by atoms with Crippen molar-refractivity contribution < 1.29 is 25.8 Å².